The van der Waals surface area contributed by atoms with Gasteiger partial charge in [0.1, 0.15) is 0 Å². The van der Waals surface area contributed by atoms with Crippen molar-refractivity contribution < 1.29 is 0 Å². The third kappa shape index (κ3) is 11.9. The Morgan fingerprint density at radius 3 is 0.783 bits per heavy atom. The van der Waals surface area contributed by atoms with E-state index in [0.29, 0.717) is 5.92 Å². The zero-order chi connectivity index (χ0) is 85.7. The first kappa shape index (κ1) is 76.5. The molecule has 0 spiro atoms. The summed E-state index contributed by atoms with van der Waals surface area (Å²) in [5, 5.41) is 12.3. The zero-order valence-electron chi connectivity index (χ0n) is 71.8. The molecule has 0 saturated carbocycles. The van der Waals surface area contributed by atoms with Crippen LogP contribution in [0.3, 0.4) is 0 Å². The van der Waals surface area contributed by atoms with Crippen LogP contribution in [0.1, 0.15) is 92.1 Å². The molecule has 0 radical (unpaired) electrons. The molecule has 0 atom stereocenters. The molecule has 0 bridgehead atoms. The second-order valence-electron chi connectivity index (χ2n) is 34.9. The van der Waals surface area contributed by atoms with Gasteiger partial charge in [-0.3, -0.25) is 0 Å². The number of benzene rings is 22. The molecule has 25 rings (SSSR count). The minimum atomic E-state index is -0.562. The lowest BCUT2D eigenvalue weighted by Crippen LogP contribution is -2.29. The Morgan fingerprint density at radius 2 is 0.434 bits per heavy atom. The van der Waals surface area contributed by atoms with Crippen molar-refractivity contribution in [2.45, 2.75) is 36.0 Å². The smallest absolute Gasteiger partial charge is 0.0714 e. The molecule has 0 aliphatic heterocycles. The predicted octanol–water partition coefficient (Wildman–Crippen LogP) is 33.2. The summed E-state index contributed by atoms with van der Waals surface area (Å²) in [6, 6.07) is 185. The van der Waals surface area contributed by atoms with Crippen molar-refractivity contribution in [3.8, 4) is 33.4 Å². The summed E-state index contributed by atoms with van der Waals surface area (Å²) in [6.45, 7) is 4.55. The van der Waals surface area contributed by atoms with Crippen molar-refractivity contribution in [1.29, 1.82) is 0 Å². The van der Waals surface area contributed by atoms with Crippen LogP contribution in [0.25, 0.3) is 87.2 Å². The van der Waals surface area contributed by atoms with Crippen LogP contribution in [0, 0.1) is 0 Å². The zero-order valence-corrected chi connectivity index (χ0v) is 71.8. The fourth-order valence-electron chi connectivity index (χ4n) is 22.7. The van der Waals surface area contributed by atoms with E-state index in [1.165, 1.54) is 144 Å². The Morgan fingerprint density at radius 1 is 0.178 bits per heavy atom. The fourth-order valence-corrected chi connectivity index (χ4v) is 22.7. The summed E-state index contributed by atoms with van der Waals surface area (Å²) >= 11 is 0. The Balaban J connectivity index is 0.000000156. The first-order chi connectivity index (χ1) is 63.9. The maximum atomic E-state index is 2.51. The highest BCUT2D eigenvalue weighted by atomic mass is 15.2. The summed E-state index contributed by atoms with van der Waals surface area (Å²) in [5.74, 6) is 0.410. The molecule has 0 saturated heterocycles. The molecule has 22 aromatic rings. The van der Waals surface area contributed by atoms with Gasteiger partial charge in [0.15, 0.2) is 0 Å². The number of anilines is 9. The lowest BCUT2D eigenvalue weighted by molar-refractivity contribution is 0.768. The van der Waals surface area contributed by atoms with Crippen molar-refractivity contribution in [2.24, 2.45) is 0 Å². The monoisotopic (exact) mass is 1640 g/mol. The Bertz CT molecular complexity index is 7560. The Kier molecular flexibility index (Phi) is 18.5. The van der Waals surface area contributed by atoms with Crippen LogP contribution in [0.15, 0.2) is 497 Å². The maximum Gasteiger partial charge on any atom is 0.0714 e. The molecule has 0 unspecified atom stereocenters. The fraction of sp³-hybridized carbons (Fsp3) is 0.0476. The van der Waals surface area contributed by atoms with Gasteiger partial charge in [-0.15, -0.1) is 0 Å². The summed E-state index contributed by atoms with van der Waals surface area (Å²) in [4.78, 5) is 7.51. The van der Waals surface area contributed by atoms with Gasteiger partial charge in [0.05, 0.1) is 33.3 Å². The summed E-state index contributed by atoms with van der Waals surface area (Å²) < 4.78 is 0. The van der Waals surface area contributed by atoms with Gasteiger partial charge in [-0.2, -0.15) is 0 Å². The van der Waals surface area contributed by atoms with Crippen molar-refractivity contribution in [2.75, 3.05) is 14.7 Å². The Labute approximate surface area is 753 Å². The molecular weight excluding hydrogens is 1560 g/mol. The molecule has 3 nitrogen and oxygen atoms in total. The largest absolute Gasteiger partial charge is 0.310 e. The van der Waals surface area contributed by atoms with Crippen molar-refractivity contribution in [3.63, 3.8) is 0 Å². The third-order valence-electron chi connectivity index (χ3n) is 28.0. The number of hydrogen-bond acceptors (Lipinski definition) is 3. The average Bonchev–Trinajstić information content (AvgIpc) is 1.58. The normalized spacial score (nSPS) is 13.3. The van der Waals surface area contributed by atoms with Gasteiger partial charge in [-0.25, -0.2) is 0 Å². The van der Waals surface area contributed by atoms with Crippen LogP contribution in [0.4, 0.5) is 51.2 Å². The molecule has 3 aliphatic carbocycles. The highest BCUT2D eigenvalue weighted by molar-refractivity contribution is 6.26. The summed E-state index contributed by atoms with van der Waals surface area (Å²) in [6.07, 6.45) is 0. The van der Waals surface area contributed by atoms with E-state index in [9.17, 15) is 0 Å². The summed E-state index contributed by atoms with van der Waals surface area (Å²) in [7, 11) is 0. The van der Waals surface area contributed by atoms with Crippen LogP contribution in [-0.2, 0) is 16.2 Å². The number of fused-ring (bicyclic) bond motifs is 11. The van der Waals surface area contributed by atoms with E-state index in [2.05, 4.69) is 526 Å². The Hall–Kier alpha value is -16.2. The van der Waals surface area contributed by atoms with Crippen LogP contribution in [0.2, 0.25) is 0 Å². The second kappa shape index (κ2) is 31.2. The topological polar surface area (TPSA) is 9.72 Å². The lowest BCUT2D eigenvalue weighted by atomic mass is 9.67. The number of nitrogens with zero attached hydrogens (tertiary/aromatic N) is 3. The molecule has 3 heteroatoms. The van der Waals surface area contributed by atoms with Gasteiger partial charge in [-0.1, -0.05) is 432 Å². The molecule has 0 aromatic heterocycles. The highest BCUT2D eigenvalue weighted by Gasteiger charge is 2.50. The molecule has 608 valence electrons. The van der Waals surface area contributed by atoms with E-state index in [1.807, 2.05) is 0 Å². The third-order valence-corrected chi connectivity index (χ3v) is 28.0. The second-order valence-corrected chi connectivity index (χ2v) is 34.9. The SMILES string of the molecule is CC(C)c1cccc(N(c2cccc(C3(c4ccccc4)c4ccccc4-c4ccccc43)c2)c2ccc3ccc4cccc5ccc2c3c45)c1.c1ccc(N(c2cccc(C3(c4ccccc4)c4ccccc4-c4ccccc43)c2)c2c3ccccc3c(N(c3ccccc3)c3cccc(C4(c5ccccc5)c5ccccc5-c5ccccc54)c3)c3ccccc23)cc1. The first-order valence-corrected chi connectivity index (χ1v) is 45.1. The average molecular weight is 1650 g/mol. The van der Waals surface area contributed by atoms with Gasteiger partial charge >= 0.3 is 0 Å². The molecular formula is C126H89N3. The van der Waals surface area contributed by atoms with E-state index < -0.39 is 16.2 Å². The van der Waals surface area contributed by atoms with Crippen molar-refractivity contribution in [1.82, 2.24) is 0 Å². The van der Waals surface area contributed by atoms with E-state index in [1.54, 1.807) is 0 Å². The van der Waals surface area contributed by atoms with E-state index >= 15 is 0 Å². The molecule has 3 aliphatic rings. The van der Waals surface area contributed by atoms with Crippen LogP contribution >= 0.6 is 0 Å². The van der Waals surface area contributed by atoms with Gasteiger partial charge in [0.2, 0.25) is 0 Å². The van der Waals surface area contributed by atoms with E-state index in [4.69, 9.17) is 0 Å². The standard InChI is InChI=1S/C76H52N2.C50H37N/c1-5-27-53(28-6-1)75(69-47-21-17-39-61(69)62-40-18-22-48-70(62)75)55-31-25-37-59(51-55)77(57-33-9-3-10-34-57)73-65-43-13-15-45-67(65)74(68-46-16-14-44-66(68)73)78(58-35-11-4-12-36-58)60-38-26-32-56(52-60)76(54-29-7-2-8-30-54)71-49-23-19-41-63(71)64-42-20-24-50-72(64)76;1-33(2)37-15-11-19-40(31-37)51(47-30-28-36-26-25-34-13-10-14-35-27-29-44(47)49(36)48(34)35)41-20-12-18-39(32-41)50(38-16-4-3-5-17-38)45-23-8-6-21-42(45)43-22-7-9-24-46(43)50/h1-52H;3-33H,1-2H3. The van der Waals surface area contributed by atoms with Crippen molar-refractivity contribution >= 4 is 105 Å². The molecule has 0 fully saturated rings. The molecule has 0 N–H and O–H groups in total. The maximum absolute atomic E-state index is 2.51. The van der Waals surface area contributed by atoms with Gasteiger partial charge in [0, 0.05) is 61.1 Å². The van der Waals surface area contributed by atoms with E-state index in [0.717, 1.165) is 67.0 Å². The lowest BCUT2D eigenvalue weighted by Gasteiger charge is -2.36. The predicted molar refractivity (Wildman–Crippen MR) is 542 cm³/mol. The van der Waals surface area contributed by atoms with Gasteiger partial charge in [-0.05, 0) is 217 Å². The number of hydrogen-bond donors (Lipinski definition) is 0. The van der Waals surface area contributed by atoms with Crippen molar-refractivity contribution in [3.05, 3.63) is 570 Å². The van der Waals surface area contributed by atoms with Crippen LogP contribution < -0.4 is 14.7 Å². The van der Waals surface area contributed by atoms with Gasteiger partial charge < -0.3 is 14.7 Å². The molecule has 0 amide bonds. The first-order valence-electron chi connectivity index (χ1n) is 45.1. The number of rotatable bonds is 16. The highest BCUT2D eigenvalue weighted by Crippen LogP contribution is 2.62. The minimum Gasteiger partial charge on any atom is -0.310 e. The van der Waals surface area contributed by atoms with E-state index in [-0.39, 0.29) is 0 Å². The van der Waals surface area contributed by atoms with Crippen LogP contribution in [0.5, 0.6) is 0 Å². The van der Waals surface area contributed by atoms with Gasteiger partial charge in [0.25, 0.3) is 0 Å². The molecule has 0 heterocycles. The molecule has 129 heavy (non-hydrogen) atoms. The minimum absolute atomic E-state index is 0.410. The summed E-state index contributed by atoms with van der Waals surface area (Å²) in [5.41, 5.74) is 32.7. The number of para-hydroxylation sites is 2. The molecule has 22 aromatic carbocycles. The quantitative estimate of drug-likeness (QED) is 0.0542. The van der Waals surface area contributed by atoms with Crippen LogP contribution in [-0.4, -0.2) is 0 Å².